The maximum Gasteiger partial charge on any atom is 0.260 e. The topological polar surface area (TPSA) is 103 Å². The summed E-state index contributed by atoms with van der Waals surface area (Å²) in [6.45, 7) is 0.737. The van der Waals surface area contributed by atoms with Gasteiger partial charge in [-0.15, -0.1) is 0 Å². The fourth-order valence-corrected chi connectivity index (χ4v) is 5.29. The molecular formula is C16H20N4O4S2. The van der Waals surface area contributed by atoms with Gasteiger partial charge in [0.25, 0.3) is 10.0 Å². The van der Waals surface area contributed by atoms with Crippen LogP contribution < -0.4 is 0 Å². The van der Waals surface area contributed by atoms with Crippen LogP contribution in [0.1, 0.15) is 12.0 Å². The second-order valence-electron chi connectivity index (χ2n) is 5.83. The van der Waals surface area contributed by atoms with Gasteiger partial charge in [0.1, 0.15) is 0 Å². The van der Waals surface area contributed by atoms with Gasteiger partial charge in [-0.05, 0) is 18.1 Å². The maximum absolute atomic E-state index is 12.6. The lowest BCUT2D eigenvalue weighted by atomic mass is 10.2. The summed E-state index contributed by atoms with van der Waals surface area (Å²) >= 11 is 0. The molecule has 0 atom stereocenters. The van der Waals surface area contributed by atoms with Crippen LogP contribution >= 0.6 is 0 Å². The zero-order valence-corrected chi connectivity index (χ0v) is 15.7. The van der Waals surface area contributed by atoms with E-state index in [2.05, 4.69) is 9.97 Å². The summed E-state index contributed by atoms with van der Waals surface area (Å²) in [4.78, 5) is 6.33. The smallest absolute Gasteiger partial charge is 0.260 e. The minimum absolute atomic E-state index is 0.0118. The van der Waals surface area contributed by atoms with Crippen LogP contribution in [0.4, 0.5) is 0 Å². The van der Waals surface area contributed by atoms with Gasteiger partial charge < -0.3 is 4.98 Å². The number of aromatic nitrogens is 2. The Morgan fingerprint density at radius 2 is 1.65 bits per heavy atom. The molecule has 0 spiro atoms. The highest BCUT2D eigenvalue weighted by atomic mass is 32.2. The quantitative estimate of drug-likeness (QED) is 0.815. The molecule has 3 rings (SSSR count). The van der Waals surface area contributed by atoms with Crippen molar-refractivity contribution in [3.63, 3.8) is 0 Å². The fourth-order valence-electron chi connectivity index (χ4n) is 2.70. The van der Waals surface area contributed by atoms with Crippen molar-refractivity contribution in [1.82, 2.24) is 18.6 Å². The zero-order chi connectivity index (χ0) is 18.6. The van der Waals surface area contributed by atoms with Crippen LogP contribution in [-0.2, 0) is 20.0 Å². The summed E-state index contributed by atoms with van der Waals surface area (Å²) in [7, 11) is -7.31. The number of aromatic amines is 1. The normalized spacial score (nSPS) is 18.2. The lowest BCUT2D eigenvalue weighted by Crippen LogP contribution is -2.36. The number of rotatable bonds is 5. The molecule has 8 nitrogen and oxygen atoms in total. The zero-order valence-electron chi connectivity index (χ0n) is 14.0. The number of nitrogens with zero attached hydrogens (tertiary/aromatic N) is 3. The van der Waals surface area contributed by atoms with Crippen molar-refractivity contribution in [3.8, 4) is 0 Å². The van der Waals surface area contributed by atoms with Crippen LogP contribution in [0.25, 0.3) is 6.08 Å². The van der Waals surface area contributed by atoms with E-state index in [9.17, 15) is 16.8 Å². The monoisotopic (exact) mass is 396 g/mol. The average Bonchev–Trinajstić information content (AvgIpc) is 3.05. The van der Waals surface area contributed by atoms with E-state index in [1.807, 2.05) is 30.3 Å². The minimum atomic E-state index is -3.69. The van der Waals surface area contributed by atoms with Crippen LogP contribution in [-0.4, -0.2) is 61.6 Å². The van der Waals surface area contributed by atoms with Crippen LogP contribution in [0.2, 0.25) is 0 Å². The van der Waals surface area contributed by atoms with Gasteiger partial charge in [-0.3, -0.25) is 0 Å². The van der Waals surface area contributed by atoms with E-state index in [4.69, 9.17) is 0 Å². The molecule has 2 aromatic rings. The van der Waals surface area contributed by atoms with Crippen LogP contribution in [0.15, 0.2) is 53.3 Å². The van der Waals surface area contributed by atoms with Crippen molar-refractivity contribution < 1.29 is 16.8 Å². The fraction of sp³-hybridized carbons (Fsp3) is 0.312. The van der Waals surface area contributed by atoms with E-state index in [1.54, 1.807) is 6.08 Å². The van der Waals surface area contributed by atoms with E-state index in [1.165, 1.54) is 26.5 Å². The van der Waals surface area contributed by atoms with Gasteiger partial charge in [-0.2, -0.15) is 8.61 Å². The summed E-state index contributed by atoms with van der Waals surface area (Å²) in [5.74, 6) is 0. The Bertz CT molecular complexity index is 955. The van der Waals surface area contributed by atoms with Crippen molar-refractivity contribution in [2.75, 3.05) is 26.2 Å². The van der Waals surface area contributed by atoms with E-state index >= 15 is 0 Å². The number of hydrogen-bond donors (Lipinski definition) is 1. The maximum atomic E-state index is 12.6. The lowest BCUT2D eigenvalue weighted by molar-refractivity contribution is 0.406. The molecule has 1 aromatic heterocycles. The van der Waals surface area contributed by atoms with Gasteiger partial charge >= 0.3 is 0 Å². The highest BCUT2D eigenvalue weighted by Crippen LogP contribution is 2.17. The molecule has 1 fully saturated rings. The molecular weight excluding hydrogens is 376 g/mol. The third-order valence-electron chi connectivity index (χ3n) is 4.10. The van der Waals surface area contributed by atoms with Gasteiger partial charge in [0.15, 0.2) is 5.03 Å². The summed E-state index contributed by atoms with van der Waals surface area (Å²) in [6, 6.07) is 9.14. The van der Waals surface area contributed by atoms with E-state index in [0.29, 0.717) is 6.42 Å². The standard InChI is InChI=1S/C16H20N4O4S2/c21-25(22,12-7-15-5-2-1-3-6-15)19-8-4-9-20(11-10-19)26(23,24)16-13-17-14-18-16/h1-3,5-7,12-14H,4,8-11H2,(H,17,18)/b12-7+. The van der Waals surface area contributed by atoms with Crippen LogP contribution in [0.3, 0.4) is 0 Å². The molecule has 140 valence electrons. The van der Waals surface area contributed by atoms with E-state index in [-0.39, 0.29) is 31.2 Å². The predicted molar refractivity (Wildman–Crippen MR) is 97.9 cm³/mol. The molecule has 0 saturated carbocycles. The predicted octanol–water partition coefficient (Wildman–Crippen LogP) is 1.11. The molecule has 0 amide bonds. The number of benzene rings is 1. The SMILES string of the molecule is O=S(=O)(/C=C/c1ccccc1)N1CCCN(S(=O)(=O)c2cnc[nH]2)CC1. The summed E-state index contributed by atoms with van der Waals surface area (Å²) in [5.41, 5.74) is 0.786. The third kappa shape index (κ3) is 4.21. The number of nitrogens with one attached hydrogen (secondary N) is 1. The Kier molecular flexibility index (Phi) is 5.56. The molecule has 1 saturated heterocycles. The molecule has 1 aliphatic rings. The molecule has 26 heavy (non-hydrogen) atoms. The molecule has 2 heterocycles. The van der Waals surface area contributed by atoms with Gasteiger partial charge in [0.05, 0.1) is 12.5 Å². The lowest BCUT2D eigenvalue weighted by Gasteiger charge is -2.20. The number of imidazole rings is 1. The minimum Gasteiger partial charge on any atom is -0.335 e. The van der Waals surface area contributed by atoms with Crippen molar-refractivity contribution in [1.29, 1.82) is 0 Å². The Morgan fingerprint density at radius 1 is 0.962 bits per heavy atom. The molecule has 1 aliphatic heterocycles. The molecule has 1 N–H and O–H groups in total. The van der Waals surface area contributed by atoms with Crippen molar-refractivity contribution in [2.24, 2.45) is 0 Å². The first-order chi connectivity index (χ1) is 12.4. The second kappa shape index (κ2) is 7.70. The van der Waals surface area contributed by atoms with Crippen molar-refractivity contribution in [3.05, 3.63) is 53.8 Å². The number of H-pyrrole nitrogens is 1. The molecule has 1 aromatic carbocycles. The highest BCUT2D eigenvalue weighted by molar-refractivity contribution is 7.92. The van der Waals surface area contributed by atoms with Gasteiger partial charge in [-0.25, -0.2) is 21.8 Å². The first-order valence-electron chi connectivity index (χ1n) is 8.11. The van der Waals surface area contributed by atoms with Gasteiger partial charge in [0.2, 0.25) is 10.0 Å². The second-order valence-corrected chi connectivity index (χ2v) is 9.56. The first kappa shape index (κ1) is 18.8. The number of hydrogen-bond acceptors (Lipinski definition) is 5. The Hall–Kier alpha value is -2.01. The van der Waals surface area contributed by atoms with Crippen molar-refractivity contribution >= 4 is 26.1 Å². The third-order valence-corrected chi connectivity index (χ3v) is 7.49. The van der Waals surface area contributed by atoms with E-state index < -0.39 is 20.0 Å². The Balaban J connectivity index is 1.71. The number of sulfonamides is 2. The first-order valence-corrected chi connectivity index (χ1v) is 11.1. The van der Waals surface area contributed by atoms with Gasteiger partial charge in [-0.1, -0.05) is 30.3 Å². The van der Waals surface area contributed by atoms with E-state index in [0.717, 1.165) is 5.56 Å². The van der Waals surface area contributed by atoms with Gasteiger partial charge in [0, 0.05) is 31.6 Å². The van der Waals surface area contributed by atoms with Crippen LogP contribution in [0.5, 0.6) is 0 Å². The summed E-state index contributed by atoms with van der Waals surface area (Å²) < 4.78 is 52.8. The highest BCUT2D eigenvalue weighted by Gasteiger charge is 2.30. The largest absolute Gasteiger partial charge is 0.335 e. The molecule has 0 aliphatic carbocycles. The Labute approximate surface area is 153 Å². The molecule has 0 radical (unpaired) electrons. The Morgan fingerprint density at radius 3 is 2.35 bits per heavy atom. The average molecular weight is 396 g/mol. The molecule has 0 unspecified atom stereocenters. The molecule has 10 heteroatoms. The van der Waals surface area contributed by atoms with Crippen molar-refractivity contribution in [2.45, 2.75) is 11.4 Å². The van der Waals surface area contributed by atoms with Crippen LogP contribution in [0, 0.1) is 0 Å². The summed E-state index contributed by atoms with van der Waals surface area (Å²) in [6.07, 6.45) is 4.51. The molecule has 0 bridgehead atoms. The summed E-state index contributed by atoms with van der Waals surface area (Å²) in [5, 5.41) is 1.18.